The monoisotopic (exact) mass is 377 g/mol. The fourth-order valence-electron chi connectivity index (χ4n) is 3.27. The summed E-state index contributed by atoms with van der Waals surface area (Å²) in [6, 6.07) is 14.3. The van der Waals surface area contributed by atoms with Crippen molar-refractivity contribution >= 4 is 17.5 Å². The average molecular weight is 377 g/mol. The SMILES string of the molecule is CC(=O)N(C)CC(=O)N1N=C(c2ccc(C)c(C)c2)CC1c1ccc(C)cc1. The fraction of sp³-hybridized carbons (Fsp3) is 0.348. The summed E-state index contributed by atoms with van der Waals surface area (Å²) in [5, 5.41) is 6.23. The zero-order valence-electron chi connectivity index (χ0n) is 17.2. The highest BCUT2D eigenvalue weighted by Crippen LogP contribution is 2.33. The Kier molecular flexibility index (Phi) is 5.63. The van der Waals surface area contributed by atoms with Crippen LogP contribution in [0.5, 0.6) is 0 Å². The molecule has 0 spiro atoms. The molecule has 1 aliphatic heterocycles. The maximum atomic E-state index is 12.9. The number of nitrogens with zero attached hydrogens (tertiary/aromatic N) is 3. The molecule has 3 rings (SSSR count). The number of hydrogen-bond acceptors (Lipinski definition) is 3. The van der Waals surface area contributed by atoms with E-state index in [1.807, 2.05) is 31.2 Å². The third kappa shape index (κ3) is 4.14. The Hall–Kier alpha value is -2.95. The molecule has 0 saturated heterocycles. The zero-order chi connectivity index (χ0) is 20.4. The highest BCUT2D eigenvalue weighted by molar-refractivity contribution is 6.03. The van der Waals surface area contributed by atoms with E-state index in [4.69, 9.17) is 0 Å². The van der Waals surface area contributed by atoms with Crippen molar-refractivity contribution in [2.24, 2.45) is 5.10 Å². The maximum absolute atomic E-state index is 12.9. The van der Waals surface area contributed by atoms with E-state index in [-0.39, 0.29) is 24.4 Å². The average Bonchev–Trinajstić information content (AvgIpc) is 3.10. The summed E-state index contributed by atoms with van der Waals surface area (Å²) in [7, 11) is 1.63. The lowest BCUT2D eigenvalue weighted by Crippen LogP contribution is -2.38. The predicted octanol–water partition coefficient (Wildman–Crippen LogP) is 3.77. The van der Waals surface area contributed by atoms with Gasteiger partial charge in [-0.1, -0.05) is 42.0 Å². The summed E-state index contributed by atoms with van der Waals surface area (Å²) < 4.78 is 0. The smallest absolute Gasteiger partial charge is 0.262 e. The second-order valence-electron chi connectivity index (χ2n) is 7.59. The van der Waals surface area contributed by atoms with Gasteiger partial charge in [-0.3, -0.25) is 9.59 Å². The second kappa shape index (κ2) is 7.97. The Labute approximate surface area is 166 Å². The molecular formula is C23H27N3O2. The molecule has 0 N–H and O–H groups in total. The van der Waals surface area contributed by atoms with Crippen LogP contribution in [0.2, 0.25) is 0 Å². The van der Waals surface area contributed by atoms with E-state index in [1.165, 1.54) is 28.5 Å². The number of aryl methyl sites for hydroxylation is 3. The van der Waals surface area contributed by atoms with Crippen molar-refractivity contribution in [3.8, 4) is 0 Å². The largest absolute Gasteiger partial charge is 0.337 e. The van der Waals surface area contributed by atoms with E-state index < -0.39 is 0 Å². The van der Waals surface area contributed by atoms with Gasteiger partial charge < -0.3 is 4.90 Å². The third-order valence-corrected chi connectivity index (χ3v) is 5.38. The fourth-order valence-corrected chi connectivity index (χ4v) is 3.27. The molecule has 0 bridgehead atoms. The number of likely N-dealkylation sites (N-methyl/N-ethyl adjacent to an activating group) is 1. The van der Waals surface area contributed by atoms with Crippen LogP contribution in [0, 0.1) is 20.8 Å². The van der Waals surface area contributed by atoms with Crippen LogP contribution in [0.1, 0.15) is 47.2 Å². The summed E-state index contributed by atoms with van der Waals surface area (Å²) in [5.41, 5.74) is 6.59. The number of rotatable bonds is 4. The molecule has 28 heavy (non-hydrogen) atoms. The molecule has 5 heteroatoms. The van der Waals surface area contributed by atoms with Crippen LogP contribution >= 0.6 is 0 Å². The molecule has 0 aromatic heterocycles. The number of carbonyl (C=O) groups is 2. The Morgan fingerprint density at radius 1 is 1.07 bits per heavy atom. The standard InChI is InChI=1S/C23H27N3O2/c1-15-6-9-19(10-7-15)22-13-21(20-11-8-16(2)17(3)12-20)24-26(22)23(28)14-25(5)18(4)27/h6-12,22H,13-14H2,1-5H3. The summed E-state index contributed by atoms with van der Waals surface area (Å²) in [6.07, 6.45) is 0.654. The molecule has 2 aromatic rings. The van der Waals surface area contributed by atoms with E-state index in [9.17, 15) is 9.59 Å². The van der Waals surface area contributed by atoms with E-state index in [0.29, 0.717) is 6.42 Å². The van der Waals surface area contributed by atoms with Gasteiger partial charge in [0.2, 0.25) is 5.91 Å². The molecule has 0 aliphatic carbocycles. The minimum Gasteiger partial charge on any atom is -0.337 e. The molecule has 1 heterocycles. The summed E-state index contributed by atoms with van der Waals surface area (Å²) in [6.45, 7) is 7.68. The van der Waals surface area contributed by atoms with Crippen LogP contribution in [0.15, 0.2) is 47.6 Å². The van der Waals surface area contributed by atoms with Gasteiger partial charge in [0.25, 0.3) is 5.91 Å². The third-order valence-electron chi connectivity index (χ3n) is 5.38. The number of hydrogen-bond donors (Lipinski definition) is 0. The van der Waals surface area contributed by atoms with Gasteiger partial charge >= 0.3 is 0 Å². The van der Waals surface area contributed by atoms with E-state index in [1.54, 1.807) is 12.1 Å². The molecule has 1 atom stereocenters. The molecule has 5 nitrogen and oxygen atoms in total. The van der Waals surface area contributed by atoms with Gasteiger partial charge in [-0.2, -0.15) is 5.10 Å². The van der Waals surface area contributed by atoms with Gasteiger partial charge in [0.1, 0.15) is 6.54 Å². The van der Waals surface area contributed by atoms with Gasteiger partial charge in [-0.15, -0.1) is 0 Å². The molecule has 0 fully saturated rings. The first kappa shape index (κ1) is 19.8. The highest BCUT2D eigenvalue weighted by atomic mass is 16.2. The number of amides is 2. The number of hydrazone groups is 1. The van der Waals surface area contributed by atoms with Gasteiger partial charge in [0.15, 0.2) is 0 Å². The van der Waals surface area contributed by atoms with E-state index in [0.717, 1.165) is 16.8 Å². The minimum atomic E-state index is -0.179. The van der Waals surface area contributed by atoms with Crippen LogP contribution in [0.3, 0.4) is 0 Å². The predicted molar refractivity (Wildman–Crippen MR) is 111 cm³/mol. The van der Waals surface area contributed by atoms with Crippen molar-refractivity contribution in [3.05, 3.63) is 70.3 Å². The highest BCUT2D eigenvalue weighted by Gasteiger charge is 2.33. The molecule has 146 valence electrons. The van der Waals surface area contributed by atoms with Crippen LogP contribution in [0.4, 0.5) is 0 Å². The first-order valence-corrected chi connectivity index (χ1v) is 9.51. The van der Waals surface area contributed by atoms with Crippen LogP contribution in [-0.2, 0) is 9.59 Å². The number of benzene rings is 2. The van der Waals surface area contributed by atoms with Crippen LogP contribution in [0.25, 0.3) is 0 Å². The van der Waals surface area contributed by atoms with E-state index >= 15 is 0 Å². The Balaban J connectivity index is 1.94. The van der Waals surface area contributed by atoms with Gasteiger partial charge in [0, 0.05) is 20.4 Å². The lowest BCUT2D eigenvalue weighted by molar-refractivity contribution is -0.139. The summed E-state index contributed by atoms with van der Waals surface area (Å²) in [4.78, 5) is 25.9. The van der Waals surface area contributed by atoms with Crippen molar-refractivity contribution < 1.29 is 9.59 Å². The lowest BCUT2D eigenvalue weighted by atomic mass is 9.96. The zero-order valence-corrected chi connectivity index (χ0v) is 17.2. The van der Waals surface area contributed by atoms with Gasteiger partial charge in [-0.25, -0.2) is 5.01 Å². The van der Waals surface area contributed by atoms with Crippen molar-refractivity contribution in [2.45, 2.75) is 40.2 Å². The number of carbonyl (C=O) groups excluding carboxylic acids is 2. The van der Waals surface area contributed by atoms with Crippen molar-refractivity contribution in [3.63, 3.8) is 0 Å². The lowest BCUT2D eigenvalue weighted by Gasteiger charge is -2.24. The normalized spacial score (nSPS) is 16.1. The minimum absolute atomic E-state index is 0.0153. The molecule has 2 amide bonds. The first-order valence-electron chi connectivity index (χ1n) is 9.51. The molecule has 2 aromatic carbocycles. The quantitative estimate of drug-likeness (QED) is 0.814. The molecule has 1 aliphatic rings. The van der Waals surface area contributed by atoms with Crippen LogP contribution < -0.4 is 0 Å². The molecule has 0 radical (unpaired) electrons. The summed E-state index contributed by atoms with van der Waals surface area (Å²) >= 11 is 0. The Morgan fingerprint density at radius 3 is 2.36 bits per heavy atom. The van der Waals surface area contributed by atoms with Crippen molar-refractivity contribution in [1.29, 1.82) is 0 Å². The Bertz CT molecular complexity index is 931. The van der Waals surface area contributed by atoms with E-state index in [2.05, 4.69) is 37.1 Å². The van der Waals surface area contributed by atoms with Crippen LogP contribution in [-0.4, -0.2) is 41.0 Å². The van der Waals surface area contributed by atoms with Gasteiger partial charge in [0.05, 0.1) is 11.8 Å². The van der Waals surface area contributed by atoms with Crippen molar-refractivity contribution in [2.75, 3.05) is 13.6 Å². The molecular weight excluding hydrogens is 350 g/mol. The second-order valence-corrected chi connectivity index (χ2v) is 7.59. The Morgan fingerprint density at radius 2 is 1.75 bits per heavy atom. The summed E-state index contributed by atoms with van der Waals surface area (Å²) in [5.74, 6) is -0.320. The first-order chi connectivity index (χ1) is 13.3. The van der Waals surface area contributed by atoms with Crippen molar-refractivity contribution in [1.82, 2.24) is 9.91 Å². The topological polar surface area (TPSA) is 53.0 Å². The molecule has 1 unspecified atom stereocenters. The maximum Gasteiger partial charge on any atom is 0.262 e. The molecule has 0 saturated carbocycles. The van der Waals surface area contributed by atoms with Gasteiger partial charge in [-0.05, 0) is 49.1 Å².